The summed E-state index contributed by atoms with van der Waals surface area (Å²) >= 11 is 18.2. The summed E-state index contributed by atoms with van der Waals surface area (Å²) in [7, 11) is 1.37. The Hall–Kier alpha value is -7.75. The van der Waals surface area contributed by atoms with Crippen molar-refractivity contribution in [2.45, 2.75) is 50.1 Å². The van der Waals surface area contributed by atoms with Crippen molar-refractivity contribution in [2.75, 3.05) is 20.3 Å². The highest BCUT2D eigenvalue weighted by atomic mass is 35.5. The van der Waals surface area contributed by atoms with E-state index in [1.54, 1.807) is 84.6 Å². The number of carbonyl (C=O) groups excluding carboxylic acids is 3. The molecule has 3 amide bonds. The molecular formula is C64H48Cl2F2N6O6S4. The SMILES string of the molecule is CCONC(=O)c1ccc2c(c1)N=C(c1ccc(Cl)cc1F)c1ccccc1S2.CCONC(=O)c1ccc2c(c1)N=C(c1sccc1C)c1ccccc1S2.CONC(=O)c1ccc2c(c1)N=C(c1ccc(Cl)cc1F)c1ccccc1S2. The first kappa shape index (κ1) is 59.4. The molecule has 3 aliphatic heterocycles. The number of hydrogen-bond acceptors (Lipinski definition) is 13. The van der Waals surface area contributed by atoms with Gasteiger partial charge < -0.3 is 0 Å². The maximum Gasteiger partial charge on any atom is 0.274 e. The normalized spacial score (nSPS) is 12.5. The molecule has 1 aromatic heterocycles. The molecular weight excluding hydrogens is 1190 g/mol. The van der Waals surface area contributed by atoms with Crippen molar-refractivity contribution in [3.8, 4) is 0 Å². The first-order chi connectivity index (χ1) is 40.8. The monoisotopic (exact) mass is 1230 g/mol. The fraction of sp³-hybridized carbons (Fsp3) is 0.0938. The second-order valence-electron chi connectivity index (χ2n) is 18.3. The van der Waals surface area contributed by atoms with E-state index in [0.717, 1.165) is 62.3 Å². The topological polar surface area (TPSA) is 152 Å². The van der Waals surface area contributed by atoms with Gasteiger partial charge in [-0.3, -0.25) is 28.9 Å². The van der Waals surface area contributed by atoms with Gasteiger partial charge in [0.15, 0.2) is 0 Å². The van der Waals surface area contributed by atoms with Gasteiger partial charge in [-0.2, -0.15) is 0 Å². The molecule has 0 saturated heterocycles. The Morgan fingerprint density at radius 1 is 0.464 bits per heavy atom. The van der Waals surface area contributed by atoms with Crippen LogP contribution >= 0.6 is 69.8 Å². The van der Waals surface area contributed by atoms with E-state index in [1.807, 2.05) is 91.9 Å². The zero-order valence-electron chi connectivity index (χ0n) is 45.1. The third-order valence-corrected chi connectivity index (χ3v) is 17.6. The minimum atomic E-state index is -0.456. The number of rotatable bonds is 11. The molecule has 12 nitrogen and oxygen atoms in total. The molecule has 3 aliphatic rings. The van der Waals surface area contributed by atoms with Crippen molar-refractivity contribution in [2.24, 2.45) is 15.0 Å². The summed E-state index contributed by atoms with van der Waals surface area (Å²) in [5, 5.41) is 2.72. The highest BCUT2D eigenvalue weighted by molar-refractivity contribution is 8.00. The van der Waals surface area contributed by atoms with Crippen molar-refractivity contribution in [1.29, 1.82) is 0 Å². The zero-order valence-corrected chi connectivity index (χ0v) is 49.9. The lowest BCUT2D eigenvalue weighted by Gasteiger charge is -2.10. The van der Waals surface area contributed by atoms with Gasteiger partial charge in [0, 0.05) is 83.9 Å². The molecule has 0 atom stereocenters. The highest BCUT2D eigenvalue weighted by Gasteiger charge is 2.26. The lowest BCUT2D eigenvalue weighted by Crippen LogP contribution is -2.23. The van der Waals surface area contributed by atoms with Gasteiger partial charge in [-0.15, -0.1) is 11.3 Å². The Morgan fingerprint density at radius 3 is 1.21 bits per heavy atom. The molecule has 0 spiro atoms. The molecule has 20 heteroatoms. The zero-order chi connectivity index (χ0) is 58.9. The van der Waals surface area contributed by atoms with Crippen LogP contribution in [0.15, 0.2) is 220 Å². The number of nitrogens with zero attached hydrogens (tertiary/aromatic N) is 3. The predicted molar refractivity (Wildman–Crippen MR) is 331 cm³/mol. The first-order valence-electron chi connectivity index (χ1n) is 25.9. The molecule has 4 heterocycles. The predicted octanol–water partition coefficient (Wildman–Crippen LogP) is 16.6. The number of hydrogen-bond donors (Lipinski definition) is 3. The average Bonchev–Trinajstić information content (AvgIpc) is 3.17. The number of amides is 3. The van der Waals surface area contributed by atoms with Crippen LogP contribution in [-0.2, 0) is 14.5 Å². The van der Waals surface area contributed by atoms with Crippen LogP contribution in [0.4, 0.5) is 25.8 Å². The average molecular weight is 1230 g/mol. The number of hydroxylamine groups is 3. The van der Waals surface area contributed by atoms with E-state index in [0.29, 0.717) is 73.9 Å². The third-order valence-electron chi connectivity index (χ3n) is 12.7. The van der Waals surface area contributed by atoms with E-state index < -0.39 is 11.6 Å². The van der Waals surface area contributed by atoms with Gasteiger partial charge in [0.2, 0.25) is 0 Å². The standard InChI is InChI=1S/C22H16ClFN2O2S.C21H14ClFN2O2S.C21H18N2O2S2/c1-2-28-26-22(27)13-7-10-20-18(11-13)25-21(15-9-8-14(23)12-17(15)24)16-5-3-4-6-19(16)29-20;1-27-25-21(26)12-6-9-19-17(10-12)24-20(14-8-7-13(22)11-16(14)23)15-4-2-3-5-18(15)28-19;1-3-25-23-21(24)14-8-9-18-16(12-14)22-19(20-13(2)10-11-26-20)15-6-4-5-7-17(15)27-18/h3-12H,2H2,1H3,(H,26,27);2-11H,1H3,(H,25,26);4-12H,3H2,1-2H3,(H,23,24). The van der Waals surface area contributed by atoms with Crippen molar-refractivity contribution in [1.82, 2.24) is 16.4 Å². The van der Waals surface area contributed by atoms with Gasteiger partial charge in [-0.05, 0) is 147 Å². The Kier molecular flexibility index (Phi) is 19.3. The van der Waals surface area contributed by atoms with E-state index in [9.17, 15) is 23.2 Å². The minimum Gasteiger partial charge on any atom is -0.277 e. The summed E-state index contributed by atoms with van der Waals surface area (Å²) in [5.74, 6) is -1.93. The number of aliphatic imine (C=N–C) groups is 3. The van der Waals surface area contributed by atoms with Crippen LogP contribution in [0.3, 0.4) is 0 Å². The van der Waals surface area contributed by atoms with Crippen LogP contribution in [-0.4, -0.2) is 55.2 Å². The molecule has 3 N–H and O–H groups in total. The summed E-state index contributed by atoms with van der Waals surface area (Å²) < 4.78 is 29.4. The van der Waals surface area contributed by atoms with Crippen molar-refractivity contribution in [3.63, 3.8) is 0 Å². The molecule has 12 rings (SSSR count). The number of nitrogens with one attached hydrogen (secondary N) is 3. The van der Waals surface area contributed by atoms with Crippen LogP contribution < -0.4 is 16.4 Å². The Bertz CT molecular complexity index is 4120. The molecule has 422 valence electrons. The van der Waals surface area contributed by atoms with Crippen molar-refractivity contribution >= 4 is 122 Å². The first-order valence-corrected chi connectivity index (χ1v) is 30.0. The molecule has 8 aromatic carbocycles. The smallest absolute Gasteiger partial charge is 0.274 e. The van der Waals surface area contributed by atoms with Crippen LogP contribution in [0.2, 0.25) is 10.0 Å². The van der Waals surface area contributed by atoms with Gasteiger partial charge in [0.25, 0.3) is 17.7 Å². The molecule has 9 aromatic rings. The van der Waals surface area contributed by atoms with Gasteiger partial charge in [0.05, 0.1) is 59.4 Å². The van der Waals surface area contributed by atoms with Crippen LogP contribution in [0.5, 0.6) is 0 Å². The third kappa shape index (κ3) is 13.6. The quantitative estimate of drug-likeness (QED) is 0.107. The molecule has 84 heavy (non-hydrogen) atoms. The summed E-state index contributed by atoms with van der Waals surface area (Å²) in [6.45, 7) is 6.48. The Morgan fingerprint density at radius 2 is 0.845 bits per heavy atom. The molecule has 0 aliphatic carbocycles. The molecule has 0 saturated carbocycles. The molecule has 0 unspecified atom stereocenters. The summed E-state index contributed by atoms with van der Waals surface area (Å²) in [5.41, 5.74) is 17.0. The van der Waals surface area contributed by atoms with E-state index >= 15 is 0 Å². The van der Waals surface area contributed by atoms with E-state index in [2.05, 4.69) is 46.9 Å². The maximum absolute atomic E-state index is 14.7. The van der Waals surface area contributed by atoms with Gasteiger partial charge in [0.1, 0.15) is 11.6 Å². The summed E-state index contributed by atoms with van der Waals surface area (Å²) in [4.78, 5) is 72.8. The Labute approximate surface area is 509 Å². The second-order valence-corrected chi connectivity index (χ2v) is 23.3. The van der Waals surface area contributed by atoms with Gasteiger partial charge in [-0.25, -0.2) is 40.2 Å². The molecule has 0 radical (unpaired) electrons. The number of fused-ring (bicyclic) bond motifs is 6. The number of thiophene rings is 1. The summed E-state index contributed by atoms with van der Waals surface area (Å²) in [6, 6.07) is 50.8. The van der Waals surface area contributed by atoms with E-state index in [4.69, 9.17) is 52.7 Å². The minimum absolute atomic E-state index is 0.268. The van der Waals surface area contributed by atoms with Crippen LogP contribution in [0.25, 0.3) is 0 Å². The highest BCUT2D eigenvalue weighted by Crippen LogP contribution is 2.45. The Balaban J connectivity index is 0.000000140. The molecule has 0 bridgehead atoms. The number of halogens is 4. The van der Waals surface area contributed by atoms with Crippen molar-refractivity contribution in [3.05, 3.63) is 252 Å². The van der Waals surface area contributed by atoms with Crippen molar-refractivity contribution < 1.29 is 37.7 Å². The lowest BCUT2D eigenvalue weighted by atomic mass is 10.0. The number of benzene rings is 8. The fourth-order valence-corrected chi connectivity index (χ4v) is 13.0. The number of carbonyl (C=O) groups is 3. The maximum atomic E-state index is 14.7. The van der Waals surface area contributed by atoms with E-state index in [1.165, 1.54) is 48.3 Å². The van der Waals surface area contributed by atoms with Crippen LogP contribution in [0.1, 0.15) is 83.2 Å². The second kappa shape index (κ2) is 27.3. The fourth-order valence-electron chi connectivity index (χ4n) is 8.76. The lowest BCUT2D eigenvalue weighted by molar-refractivity contribution is 0.0362. The van der Waals surface area contributed by atoms with Crippen LogP contribution in [0, 0.1) is 18.6 Å². The molecule has 0 fully saturated rings. The van der Waals surface area contributed by atoms with Gasteiger partial charge >= 0.3 is 0 Å². The van der Waals surface area contributed by atoms with E-state index in [-0.39, 0.29) is 17.7 Å². The number of aryl methyl sites for hydroxylation is 1. The largest absolute Gasteiger partial charge is 0.277 e. The summed E-state index contributed by atoms with van der Waals surface area (Å²) in [6.07, 6.45) is 0. The van der Waals surface area contributed by atoms with Gasteiger partial charge in [-0.1, -0.05) is 113 Å².